The van der Waals surface area contributed by atoms with Crippen molar-refractivity contribution in [1.82, 2.24) is 9.88 Å². The largest absolute Gasteiger partial charge is 0.490 e. The van der Waals surface area contributed by atoms with Crippen LogP contribution in [0.3, 0.4) is 0 Å². The molecule has 40 heavy (non-hydrogen) atoms. The number of carboxylic acids is 2. The van der Waals surface area contributed by atoms with Crippen LogP contribution < -0.4 is 0 Å². The normalized spacial score (nSPS) is 18.8. The van der Waals surface area contributed by atoms with Crippen molar-refractivity contribution in [2.75, 3.05) is 26.3 Å². The summed E-state index contributed by atoms with van der Waals surface area (Å²) in [6.45, 7) is 7.25. The number of ether oxygens (including phenoxy) is 2. The first-order valence-electron chi connectivity index (χ1n) is 12.1. The lowest BCUT2D eigenvalue weighted by Crippen LogP contribution is -2.40. The molecule has 224 valence electrons. The third-order valence-electron chi connectivity index (χ3n) is 6.15. The number of aryl methyl sites for hydroxylation is 1. The van der Waals surface area contributed by atoms with E-state index in [1.165, 1.54) is 12.8 Å². The van der Waals surface area contributed by atoms with Gasteiger partial charge in [-0.05, 0) is 69.0 Å². The summed E-state index contributed by atoms with van der Waals surface area (Å²) in [6.07, 6.45) is -4.69. The van der Waals surface area contributed by atoms with Crippen molar-refractivity contribution >= 4 is 11.9 Å². The molecule has 1 spiro atoms. The molecule has 2 aliphatic heterocycles. The zero-order valence-electron chi connectivity index (χ0n) is 21.5. The number of hydrogen-bond donors (Lipinski definition) is 2. The van der Waals surface area contributed by atoms with E-state index in [1.807, 2.05) is 31.2 Å². The Bertz CT molecular complexity index is 1040. The fraction of sp³-hybridized carbons (Fsp3) is 0.560. The summed E-state index contributed by atoms with van der Waals surface area (Å²) in [7, 11) is 0. The summed E-state index contributed by atoms with van der Waals surface area (Å²) in [5.41, 5.74) is 2.36. The van der Waals surface area contributed by atoms with Crippen molar-refractivity contribution in [1.29, 1.82) is 0 Å². The van der Waals surface area contributed by atoms with E-state index in [2.05, 4.69) is 16.0 Å². The van der Waals surface area contributed by atoms with Crippen LogP contribution in [-0.2, 0) is 32.2 Å². The molecule has 2 aromatic rings. The average Bonchev–Trinajstić information content (AvgIpc) is 3.51. The Kier molecular flexibility index (Phi) is 11.9. The van der Waals surface area contributed by atoms with Gasteiger partial charge in [0, 0.05) is 5.69 Å². The zero-order chi connectivity index (χ0) is 30.0. The number of halogens is 6. The van der Waals surface area contributed by atoms with Crippen LogP contribution in [-0.4, -0.2) is 76.8 Å². The molecule has 0 bridgehead atoms. The SMILES string of the molecule is Cc1cccc(COCC2CC3(CCN(Cc4ccco4)CC3)CO2)n1.O=C(O)C(F)(F)F.O=C(O)C(F)(F)F. The first-order valence-corrected chi connectivity index (χ1v) is 12.1. The minimum Gasteiger partial charge on any atom is -0.475 e. The standard InChI is InChI=1S/C21H28N2O3.2C2HF3O2/c1-17-4-2-5-18(22-17)14-24-15-20-12-21(16-26-20)7-9-23(10-8-21)13-19-6-3-11-25-19;2*3-2(4,5)1(6)7/h2-6,11,20H,7-10,12-16H2,1H3;2*(H,6,7). The maximum Gasteiger partial charge on any atom is 0.490 e. The number of piperidine rings is 1. The van der Waals surface area contributed by atoms with Gasteiger partial charge in [0.25, 0.3) is 0 Å². The molecular weight excluding hydrogens is 554 g/mol. The van der Waals surface area contributed by atoms with Gasteiger partial charge in [-0.3, -0.25) is 9.88 Å². The molecule has 2 aliphatic rings. The minimum atomic E-state index is -5.08. The summed E-state index contributed by atoms with van der Waals surface area (Å²) in [5, 5.41) is 14.2. The molecule has 0 saturated carbocycles. The first kappa shape index (κ1) is 33.0. The lowest BCUT2D eigenvalue weighted by molar-refractivity contribution is -0.193. The van der Waals surface area contributed by atoms with Crippen molar-refractivity contribution in [3.05, 3.63) is 53.7 Å². The second-order valence-electron chi connectivity index (χ2n) is 9.38. The quantitative estimate of drug-likeness (QED) is 0.460. The number of furan rings is 1. The molecule has 1 unspecified atom stereocenters. The van der Waals surface area contributed by atoms with Gasteiger partial charge in [0.15, 0.2) is 0 Å². The monoisotopic (exact) mass is 584 g/mol. The molecule has 15 heteroatoms. The van der Waals surface area contributed by atoms with Crippen molar-refractivity contribution in [3.8, 4) is 0 Å². The van der Waals surface area contributed by atoms with E-state index in [0.29, 0.717) is 18.6 Å². The van der Waals surface area contributed by atoms with Crippen LogP contribution in [0.5, 0.6) is 0 Å². The predicted molar refractivity (Wildman–Crippen MR) is 126 cm³/mol. The number of likely N-dealkylation sites (tertiary alicyclic amines) is 1. The average molecular weight is 585 g/mol. The van der Waals surface area contributed by atoms with Gasteiger partial charge in [0.05, 0.1) is 44.4 Å². The van der Waals surface area contributed by atoms with Gasteiger partial charge in [0.2, 0.25) is 0 Å². The van der Waals surface area contributed by atoms with Crippen molar-refractivity contribution in [2.45, 2.75) is 57.8 Å². The molecule has 4 heterocycles. The Morgan fingerprint density at radius 3 is 2.15 bits per heavy atom. The van der Waals surface area contributed by atoms with Crippen LogP contribution in [0.15, 0.2) is 41.0 Å². The highest BCUT2D eigenvalue weighted by molar-refractivity contribution is 5.73. The summed E-state index contributed by atoms with van der Waals surface area (Å²) in [6, 6.07) is 10.1. The molecule has 2 fully saturated rings. The number of pyridine rings is 1. The third kappa shape index (κ3) is 11.5. The van der Waals surface area contributed by atoms with Gasteiger partial charge < -0.3 is 24.1 Å². The van der Waals surface area contributed by atoms with E-state index in [4.69, 9.17) is 33.7 Å². The number of aromatic nitrogens is 1. The highest BCUT2D eigenvalue weighted by atomic mass is 19.4. The van der Waals surface area contributed by atoms with Crippen LogP contribution in [0.2, 0.25) is 0 Å². The molecular formula is C25H30F6N2O7. The van der Waals surface area contributed by atoms with E-state index in [0.717, 1.165) is 49.8 Å². The molecule has 1 atom stereocenters. The fourth-order valence-electron chi connectivity index (χ4n) is 4.13. The minimum absolute atomic E-state index is 0.219. The highest BCUT2D eigenvalue weighted by Gasteiger charge is 2.42. The molecule has 9 nitrogen and oxygen atoms in total. The predicted octanol–water partition coefficient (Wildman–Crippen LogP) is 4.84. The number of alkyl halides is 6. The van der Waals surface area contributed by atoms with E-state index >= 15 is 0 Å². The number of hydrogen-bond acceptors (Lipinski definition) is 7. The van der Waals surface area contributed by atoms with Crippen molar-refractivity contribution in [2.24, 2.45) is 5.41 Å². The van der Waals surface area contributed by atoms with Crippen LogP contribution >= 0.6 is 0 Å². The maximum absolute atomic E-state index is 10.6. The molecule has 0 aliphatic carbocycles. The highest BCUT2D eigenvalue weighted by Crippen LogP contribution is 2.42. The van der Waals surface area contributed by atoms with Crippen LogP contribution in [0, 0.1) is 12.3 Å². The van der Waals surface area contributed by atoms with Crippen molar-refractivity contribution < 1.29 is 60.0 Å². The van der Waals surface area contributed by atoms with E-state index in [1.54, 1.807) is 6.26 Å². The van der Waals surface area contributed by atoms with E-state index in [-0.39, 0.29) is 6.10 Å². The second kappa shape index (κ2) is 14.5. The summed E-state index contributed by atoms with van der Waals surface area (Å²) in [4.78, 5) is 24.8. The Morgan fingerprint density at radius 2 is 1.65 bits per heavy atom. The van der Waals surface area contributed by atoms with Gasteiger partial charge >= 0.3 is 24.3 Å². The Labute approximate surface area is 225 Å². The lowest BCUT2D eigenvalue weighted by atomic mass is 9.76. The molecule has 0 amide bonds. The van der Waals surface area contributed by atoms with Gasteiger partial charge in [0.1, 0.15) is 5.76 Å². The molecule has 0 aromatic carbocycles. The second-order valence-corrected chi connectivity index (χ2v) is 9.38. The Balaban J connectivity index is 0.000000333. The Hall–Kier alpha value is -3.17. The lowest BCUT2D eigenvalue weighted by Gasteiger charge is -2.38. The van der Waals surface area contributed by atoms with Crippen LogP contribution in [0.25, 0.3) is 0 Å². The van der Waals surface area contributed by atoms with Gasteiger partial charge in [-0.15, -0.1) is 0 Å². The molecule has 2 saturated heterocycles. The maximum atomic E-state index is 10.6. The molecule has 2 N–H and O–H groups in total. The molecule has 2 aromatic heterocycles. The number of carboxylic acid groups (broad SMARTS) is 2. The van der Waals surface area contributed by atoms with Gasteiger partial charge in [-0.2, -0.15) is 26.3 Å². The fourth-order valence-corrected chi connectivity index (χ4v) is 4.13. The number of nitrogens with zero attached hydrogens (tertiary/aromatic N) is 2. The third-order valence-corrected chi connectivity index (χ3v) is 6.15. The van der Waals surface area contributed by atoms with Crippen LogP contribution in [0.4, 0.5) is 26.3 Å². The van der Waals surface area contributed by atoms with Crippen molar-refractivity contribution in [3.63, 3.8) is 0 Å². The number of aliphatic carboxylic acids is 2. The first-order chi connectivity index (χ1) is 18.6. The smallest absolute Gasteiger partial charge is 0.475 e. The number of carbonyl (C=O) groups is 2. The van der Waals surface area contributed by atoms with Gasteiger partial charge in [-0.1, -0.05) is 6.07 Å². The van der Waals surface area contributed by atoms with Gasteiger partial charge in [-0.25, -0.2) is 9.59 Å². The zero-order valence-corrected chi connectivity index (χ0v) is 21.5. The summed E-state index contributed by atoms with van der Waals surface area (Å²) < 4.78 is 80.9. The summed E-state index contributed by atoms with van der Waals surface area (Å²) >= 11 is 0. The Morgan fingerprint density at radius 1 is 1.05 bits per heavy atom. The topological polar surface area (TPSA) is 122 Å². The van der Waals surface area contributed by atoms with E-state index < -0.39 is 24.3 Å². The van der Waals surface area contributed by atoms with E-state index in [9.17, 15) is 26.3 Å². The van der Waals surface area contributed by atoms with Crippen LogP contribution in [0.1, 0.15) is 36.4 Å². The summed E-state index contributed by atoms with van der Waals surface area (Å²) in [5.74, 6) is -4.46. The molecule has 0 radical (unpaired) electrons. The molecule has 4 rings (SSSR count). The number of rotatable bonds is 6.